The molecule has 0 aliphatic rings. The van der Waals surface area contributed by atoms with Crippen LogP contribution in [0.25, 0.3) is 0 Å². The van der Waals surface area contributed by atoms with Crippen LogP contribution in [0.5, 0.6) is 11.5 Å². The molecule has 0 spiro atoms. The highest BCUT2D eigenvalue weighted by atomic mass is 16.5. The topological polar surface area (TPSA) is 89.0 Å². The van der Waals surface area contributed by atoms with Crippen molar-refractivity contribution in [3.63, 3.8) is 0 Å². The molecule has 2 amide bonds. The number of carbonyl (C=O) groups is 2. The van der Waals surface area contributed by atoms with Crippen LogP contribution in [0.15, 0.2) is 23.3 Å². The van der Waals surface area contributed by atoms with E-state index in [0.717, 1.165) is 12.8 Å². The molecule has 7 heteroatoms. The molecule has 2 N–H and O–H groups in total. The summed E-state index contributed by atoms with van der Waals surface area (Å²) < 4.78 is 10.4. The molecule has 7 nitrogen and oxygen atoms in total. The molecule has 0 fully saturated rings. The predicted octanol–water partition coefficient (Wildman–Crippen LogP) is 1.07. The van der Waals surface area contributed by atoms with Crippen molar-refractivity contribution in [3.05, 3.63) is 23.8 Å². The Morgan fingerprint density at radius 1 is 1.23 bits per heavy atom. The average molecular weight is 307 g/mol. The van der Waals surface area contributed by atoms with Crippen molar-refractivity contribution in [2.75, 3.05) is 20.8 Å². The fourth-order valence-corrected chi connectivity index (χ4v) is 1.68. The van der Waals surface area contributed by atoms with Crippen molar-refractivity contribution < 1.29 is 19.1 Å². The third-order valence-corrected chi connectivity index (χ3v) is 2.83. The fourth-order valence-electron chi connectivity index (χ4n) is 1.68. The molecular weight excluding hydrogens is 286 g/mol. The van der Waals surface area contributed by atoms with Crippen molar-refractivity contribution in [3.8, 4) is 11.5 Å². The molecular formula is C15H21N3O4. The summed E-state index contributed by atoms with van der Waals surface area (Å²) in [6, 6.07) is 5.26. The van der Waals surface area contributed by atoms with Gasteiger partial charge >= 0.3 is 11.8 Å². The van der Waals surface area contributed by atoms with E-state index in [9.17, 15) is 9.59 Å². The molecule has 0 unspecified atom stereocenters. The molecule has 0 atom stereocenters. The maximum Gasteiger partial charge on any atom is 0.329 e. The minimum absolute atomic E-state index is 0.468. The molecule has 0 saturated carbocycles. The highest BCUT2D eigenvalue weighted by Crippen LogP contribution is 2.29. The zero-order chi connectivity index (χ0) is 16.4. The van der Waals surface area contributed by atoms with E-state index in [4.69, 9.17) is 9.47 Å². The van der Waals surface area contributed by atoms with Gasteiger partial charge in [-0.25, -0.2) is 5.43 Å². The van der Waals surface area contributed by atoms with Crippen LogP contribution >= 0.6 is 0 Å². The highest BCUT2D eigenvalue weighted by molar-refractivity contribution is 6.35. The van der Waals surface area contributed by atoms with E-state index in [2.05, 4.69) is 15.8 Å². The second kappa shape index (κ2) is 9.38. The van der Waals surface area contributed by atoms with E-state index in [1.807, 2.05) is 6.92 Å². The van der Waals surface area contributed by atoms with Gasteiger partial charge in [-0.3, -0.25) is 9.59 Å². The smallest absolute Gasteiger partial charge is 0.329 e. The van der Waals surface area contributed by atoms with Crippen LogP contribution in [-0.2, 0) is 9.59 Å². The third-order valence-electron chi connectivity index (χ3n) is 2.83. The van der Waals surface area contributed by atoms with Crippen molar-refractivity contribution in [1.82, 2.24) is 10.7 Å². The van der Waals surface area contributed by atoms with Crippen LogP contribution in [0.1, 0.15) is 25.3 Å². The van der Waals surface area contributed by atoms with Crippen LogP contribution in [0.3, 0.4) is 0 Å². The minimum Gasteiger partial charge on any atom is -0.493 e. The first-order valence-corrected chi connectivity index (χ1v) is 6.96. The number of ether oxygens (including phenoxy) is 2. The summed E-state index contributed by atoms with van der Waals surface area (Å²) in [5.74, 6) is -0.470. The Kier molecular flexibility index (Phi) is 7.45. The first-order valence-electron chi connectivity index (χ1n) is 6.96. The van der Waals surface area contributed by atoms with E-state index in [1.54, 1.807) is 18.2 Å². The minimum atomic E-state index is -0.811. The van der Waals surface area contributed by atoms with Gasteiger partial charge in [-0.05, 0) is 18.6 Å². The summed E-state index contributed by atoms with van der Waals surface area (Å²) in [5.41, 5.74) is 2.79. The highest BCUT2D eigenvalue weighted by Gasteiger charge is 2.11. The number of benzene rings is 1. The van der Waals surface area contributed by atoms with Gasteiger partial charge in [0, 0.05) is 12.1 Å². The lowest BCUT2D eigenvalue weighted by Crippen LogP contribution is -2.38. The predicted molar refractivity (Wildman–Crippen MR) is 83.2 cm³/mol. The summed E-state index contributed by atoms with van der Waals surface area (Å²) in [7, 11) is 3.04. The van der Waals surface area contributed by atoms with E-state index in [0.29, 0.717) is 23.6 Å². The number of hydrogen-bond donors (Lipinski definition) is 2. The molecule has 1 aromatic rings. The van der Waals surface area contributed by atoms with Crippen LogP contribution in [0.2, 0.25) is 0 Å². The number of carbonyl (C=O) groups excluding carboxylic acids is 2. The second-order valence-electron chi connectivity index (χ2n) is 4.39. The van der Waals surface area contributed by atoms with E-state index in [-0.39, 0.29) is 0 Å². The number of methoxy groups -OCH3 is 2. The van der Waals surface area contributed by atoms with Gasteiger partial charge in [0.25, 0.3) is 0 Å². The molecule has 0 heterocycles. The summed E-state index contributed by atoms with van der Waals surface area (Å²) in [6.45, 7) is 2.47. The van der Waals surface area contributed by atoms with Gasteiger partial charge in [-0.2, -0.15) is 5.10 Å². The quantitative estimate of drug-likeness (QED) is 0.341. The van der Waals surface area contributed by atoms with Gasteiger partial charge in [0.05, 0.1) is 20.4 Å². The van der Waals surface area contributed by atoms with Crippen molar-refractivity contribution >= 4 is 18.0 Å². The standard InChI is InChI=1S/C15H21N3O4/c1-4-5-9-16-14(19)15(20)18-17-10-11-7-6-8-12(21-2)13(11)22-3/h6-8,10H,4-5,9H2,1-3H3,(H,16,19)(H,18,20)/b17-10-. The lowest BCUT2D eigenvalue weighted by atomic mass is 10.2. The normalized spacial score (nSPS) is 10.3. The number of unbranched alkanes of at least 4 members (excludes halogenated alkanes) is 1. The summed E-state index contributed by atoms with van der Waals surface area (Å²) >= 11 is 0. The molecule has 0 aliphatic carbocycles. The molecule has 0 aliphatic heterocycles. The van der Waals surface area contributed by atoms with E-state index < -0.39 is 11.8 Å². The number of hydrazone groups is 1. The number of amides is 2. The Hall–Kier alpha value is -2.57. The zero-order valence-electron chi connectivity index (χ0n) is 13.0. The van der Waals surface area contributed by atoms with Gasteiger partial charge in [-0.15, -0.1) is 0 Å². The molecule has 0 aromatic heterocycles. The Morgan fingerprint density at radius 2 is 2.00 bits per heavy atom. The average Bonchev–Trinajstić information content (AvgIpc) is 2.54. The lowest BCUT2D eigenvalue weighted by molar-refractivity contribution is -0.139. The first kappa shape index (κ1) is 17.5. The number of nitrogens with zero attached hydrogens (tertiary/aromatic N) is 1. The Morgan fingerprint density at radius 3 is 2.64 bits per heavy atom. The lowest BCUT2D eigenvalue weighted by Gasteiger charge is -2.09. The molecule has 22 heavy (non-hydrogen) atoms. The van der Waals surface area contributed by atoms with Crippen molar-refractivity contribution in [2.45, 2.75) is 19.8 Å². The van der Waals surface area contributed by atoms with Crippen LogP contribution in [0.4, 0.5) is 0 Å². The van der Waals surface area contributed by atoms with Crippen molar-refractivity contribution in [1.29, 1.82) is 0 Å². The molecule has 0 saturated heterocycles. The Balaban J connectivity index is 2.62. The van der Waals surface area contributed by atoms with Gasteiger partial charge in [-0.1, -0.05) is 19.4 Å². The molecule has 120 valence electrons. The molecule has 1 rings (SSSR count). The fraction of sp³-hybridized carbons (Fsp3) is 0.400. The summed E-state index contributed by atoms with van der Waals surface area (Å²) in [4.78, 5) is 23.0. The van der Waals surface area contributed by atoms with Crippen LogP contribution in [0, 0.1) is 0 Å². The van der Waals surface area contributed by atoms with Gasteiger partial charge in [0.1, 0.15) is 0 Å². The van der Waals surface area contributed by atoms with Gasteiger partial charge in [0.15, 0.2) is 11.5 Å². The Labute approximate surface area is 129 Å². The van der Waals surface area contributed by atoms with E-state index >= 15 is 0 Å². The second-order valence-corrected chi connectivity index (χ2v) is 4.39. The molecule has 1 aromatic carbocycles. The first-order chi connectivity index (χ1) is 10.6. The molecule has 0 bridgehead atoms. The van der Waals surface area contributed by atoms with Gasteiger partial charge < -0.3 is 14.8 Å². The maximum absolute atomic E-state index is 11.5. The number of rotatable bonds is 7. The summed E-state index contributed by atoms with van der Waals surface area (Å²) in [5, 5.41) is 6.26. The van der Waals surface area contributed by atoms with Crippen molar-refractivity contribution in [2.24, 2.45) is 5.10 Å². The third kappa shape index (κ3) is 5.08. The number of para-hydroxylation sites is 1. The zero-order valence-corrected chi connectivity index (χ0v) is 13.0. The Bertz CT molecular complexity index is 544. The summed E-state index contributed by atoms with van der Waals surface area (Å²) in [6.07, 6.45) is 3.15. The SMILES string of the molecule is CCCCNC(=O)C(=O)N/N=C\c1cccc(OC)c1OC. The number of hydrogen-bond acceptors (Lipinski definition) is 5. The monoisotopic (exact) mass is 307 g/mol. The van der Waals surface area contributed by atoms with Gasteiger partial charge in [0.2, 0.25) is 0 Å². The maximum atomic E-state index is 11.5. The largest absolute Gasteiger partial charge is 0.493 e. The van der Waals surface area contributed by atoms with Crippen LogP contribution < -0.4 is 20.2 Å². The number of nitrogens with one attached hydrogen (secondary N) is 2. The molecule has 0 radical (unpaired) electrons. The van der Waals surface area contributed by atoms with Crippen LogP contribution in [-0.4, -0.2) is 38.8 Å². The van der Waals surface area contributed by atoms with E-state index in [1.165, 1.54) is 20.4 Å².